The van der Waals surface area contributed by atoms with E-state index in [1.165, 1.54) is 0 Å². The lowest BCUT2D eigenvalue weighted by molar-refractivity contribution is 0.796. The van der Waals surface area contributed by atoms with Crippen LogP contribution in [-0.2, 0) is 13.0 Å². The molecule has 28 heavy (non-hydrogen) atoms. The highest BCUT2D eigenvalue weighted by Gasteiger charge is 2.05. The predicted octanol–water partition coefficient (Wildman–Crippen LogP) is 4.77. The Bertz CT molecular complexity index is 868. The Morgan fingerprint density at radius 1 is 1.14 bits per heavy atom. The summed E-state index contributed by atoms with van der Waals surface area (Å²) < 4.78 is 0. The highest BCUT2D eigenvalue weighted by Crippen LogP contribution is 2.23. The normalized spacial score (nSPS) is 11.0. The lowest BCUT2D eigenvalue weighted by atomic mass is 10.2. The molecule has 0 aliphatic rings. The molecule has 0 spiro atoms. The van der Waals surface area contributed by atoms with Crippen LogP contribution in [0.5, 0.6) is 0 Å². The van der Waals surface area contributed by atoms with E-state index in [2.05, 4.69) is 50.0 Å². The molecule has 0 fully saturated rings. The zero-order valence-corrected chi connectivity index (χ0v) is 19.5. The molecule has 0 unspecified atom stereocenters. The largest absolute Gasteiger partial charge is 0.357 e. The quantitative estimate of drug-likeness (QED) is 0.201. The van der Waals surface area contributed by atoms with Crippen molar-refractivity contribution >= 4 is 52.9 Å². The van der Waals surface area contributed by atoms with Gasteiger partial charge in [-0.2, -0.15) is 0 Å². The number of pyridine rings is 1. The van der Waals surface area contributed by atoms with Crippen molar-refractivity contribution in [3.63, 3.8) is 0 Å². The molecular formula is C20H23ClIN5S. The lowest BCUT2D eigenvalue weighted by Crippen LogP contribution is -2.38. The SMILES string of the molecule is CCNC(=NCc1csc(-c2ccccc2)n1)NCCc1ccc(Cl)nc1.I. The number of nitrogens with zero attached hydrogens (tertiary/aromatic N) is 3. The van der Waals surface area contributed by atoms with Gasteiger partial charge in [-0.15, -0.1) is 35.3 Å². The molecule has 0 aliphatic carbocycles. The molecule has 1 aromatic carbocycles. The molecular weight excluding hydrogens is 505 g/mol. The van der Waals surface area contributed by atoms with Crippen LogP contribution in [0.25, 0.3) is 10.6 Å². The van der Waals surface area contributed by atoms with Gasteiger partial charge in [0.05, 0.1) is 12.2 Å². The Balaban J connectivity index is 0.00000280. The molecule has 0 radical (unpaired) electrons. The van der Waals surface area contributed by atoms with Gasteiger partial charge in [-0.1, -0.05) is 48.0 Å². The standard InChI is InChI=1S/C20H22ClN5S.HI/c1-2-22-20(23-11-10-15-8-9-18(21)24-12-15)25-13-17-14-27-19(26-17)16-6-4-3-5-7-16;/h3-9,12,14H,2,10-11,13H2,1H3,(H2,22,23,25);1H. The summed E-state index contributed by atoms with van der Waals surface area (Å²) in [5.74, 6) is 0.786. The van der Waals surface area contributed by atoms with Crippen LogP contribution in [0.1, 0.15) is 18.2 Å². The highest BCUT2D eigenvalue weighted by atomic mass is 127. The predicted molar refractivity (Wildman–Crippen MR) is 129 cm³/mol. The number of benzene rings is 1. The average Bonchev–Trinajstić information content (AvgIpc) is 3.17. The summed E-state index contributed by atoms with van der Waals surface area (Å²) in [7, 11) is 0. The molecule has 3 rings (SSSR count). The minimum atomic E-state index is 0. The molecule has 2 heterocycles. The second-order valence-electron chi connectivity index (χ2n) is 5.87. The van der Waals surface area contributed by atoms with Gasteiger partial charge in [-0.25, -0.2) is 15.0 Å². The van der Waals surface area contributed by atoms with Crippen molar-refractivity contribution in [3.05, 3.63) is 70.5 Å². The van der Waals surface area contributed by atoms with Gasteiger partial charge >= 0.3 is 0 Å². The number of thiazole rings is 1. The van der Waals surface area contributed by atoms with Crippen LogP contribution in [-0.4, -0.2) is 29.0 Å². The van der Waals surface area contributed by atoms with Gasteiger partial charge in [0.2, 0.25) is 0 Å². The number of hydrogen-bond donors (Lipinski definition) is 2. The van der Waals surface area contributed by atoms with Gasteiger partial charge in [-0.3, -0.25) is 0 Å². The summed E-state index contributed by atoms with van der Waals surface area (Å²) in [6, 6.07) is 14.0. The van der Waals surface area contributed by atoms with E-state index in [0.717, 1.165) is 47.3 Å². The molecule has 148 valence electrons. The van der Waals surface area contributed by atoms with Crippen LogP contribution in [0.15, 0.2) is 59.0 Å². The van der Waals surface area contributed by atoms with E-state index in [-0.39, 0.29) is 24.0 Å². The van der Waals surface area contributed by atoms with E-state index >= 15 is 0 Å². The summed E-state index contributed by atoms with van der Waals surface area (Å²) >= 11 is 7.46. The highest BCUT2D eigenvalue weighted by molar-refractivity contribution is 14.0. The third-order valence-electron chi connectivity index (χ3n) is 3.81. The molecule has 0 bridgehead atoms. The van der Waals surface area contributed by atoms with E-state index in [4.69, 9.17) is 11.6 Å². The smallest absolute Gasteiger partial charge is 0.191 e. The number of aliphatic imine (C=N–C) groups is 1. The maximum Gasteiger partial charge on any atom is 0.191 e. The van der Waals surface area contributed by atoms with Crippen LogP contribution in [0.2, 0.25) is 5.15 Å². The molecule has 0 saturated heterocycles. The lowest BCUT2D eigenvalue weighted by Gasteiger charge is -2.11. The monoisotopic (exact) mass is 527 g/mol. The van der Waals surface area contributed by atoms with Crippen molar-refractivity contribution in [2.24, 2.45) is 4.99 Å². The van der Waals surface area contributed by atoms with Crippen molar-refractivity contribution in [2.45, 2.75) is 19.9 Å². The topological polar surface area (TPSA) is 62.2 Å². The molecule has 0 aliphatic heterocycles. The number of nitrogens with one attached hydrogen (secondary N) is 2. The molecule has 5 nitrogen and oxygen atoms in total. The summed E-state index contributed by atoms with van der Waals surface area (Å²) in [5.41, 5.74) is 3.24. The number of aromatic nitrogens is 2. The first-order valence-corrected chi connectivity index (χ1v) is 10.1. The molecule has 2 N–H and O–H groups in total. The molecule has 2 aromatic heterocycles. The first kappa shape index (κ1) is 22.6. The number of guanidine groups is 1. The number of hydrogen-bond acceptors (Lipinski definition) is 4. The maximum atomic E-state index is 5.82. The molecule has 0 amide bonds. The Morgan fingerprint density at radius 3 is 2.68 bits per heavy atom. The van der Waals surface area contributed by atoms with Crippen molar-refractivity contribution in [1.82, 2.24) is 20.6 Å². The third kappa shape index (κ3) is 7.03. The van der Waals surface area contributed by atoms with E-state index in [1.807, 2.05) is 30.3 Å². The molecule has 3 aromatic rings. The second kappa shape index (κ2) is 12.0. The first-order valence-electron chi connectivity index (χ1n) is 8.87. The van der Waals surface area contributed by atoms with E-state index < -0.39 is 0 Å². The van der Waals surface area contributed by atoms with Crippen LogP contribution in [0, 0.1) is 0 Å². The summed E-state index contributed by atoms with van der Waals surface area (Å²) in [6.45, 7) is 4.17. The van der Waals surface area contributed by atoms with Crippen LogP contribution >= 0.6 is 46.9 Å². The van der Waals surface area contributed by atoms with Gasteiger partial charge in [0.15, 0.2) is 5.96 Å². The fourth-order valence-electron chi connectivity index (χ4n) is 2.47. The average molecular weight is 528 g/mol. The van der Waals surface area contributed by atoms with Crippen molar-refractivity contribution in [3.8, 4) is 10.6 Å². The maximum absolute atomic E-state index is 5.82. The van der Waals surface area contributed by atoms with Gasteiger partial charge in [0.1, 0.15) is 10.2 Å². The third-order valence-corrected chi connectivity index (χ3v) is 4.97. The number of halogens is 2. The van der Waals surface area contributed by atoms with Crippen molar-refractivity contribution in [2.75, 3.05) is 13.1 Å². The van der Waals surface area contributed by atoms with Crippen LogP contribution < -0.4 is 10.6 Å². The second-order valence-corrected chi connectivity index (χ2v) is 7.12. The minimum Gasteiger partial charge on any atom is -0.357 e. The molecule has 0 atom stereocenters. The van der Waals surface area contributed by atoms with Crippen LogP contribution in [0.3, 0.4) is 0 Å². The van der Waals surface area contributed by atoms with Crippen LogP contribution in [0.4, 0.5) is 0 Å². The van der Waals surface area contributed by atoms with Crippen molar-refractivity contribution in [1.29, 1.82) is 0 Å². The van der Waals surface area contributed by atoms with Gasteiger partial charge in [0.25, 0.3) is 0 Å². The molecule has 8 heteroatoms. The van der Waals surface area contributed by atoms with E-state index in [1.54, 1.807) is 17.5 Å². The number of rotatable bonds is 7. The Hall–Kier alpha value is -1.71. The van der Waals surface area contributed by atoms with Gasteiger partial charge < -0.3 is 10.6 Å². The Morgan fingerprint density at radius 2 is 1.96 bits per heavy atom. The fraction of sp³-hybridized carbons (Fsp3) is 0.250. The molecule has 0 saturated carbocycles. The van der Waals surface area contributed by atoms with E-state index in [9.17, 15) is 0 Å². The summed E-state index contributed by atoms with van der Waals surface area (Å²) in [6.07, 6.45) is 2.65. The van der Waals surface area contributed by atoms with E-state index in [0.29, 0.717) is 11.7 Å². The van der Waals surface area contributed by atoms with Gasteiger partial charge in [-0.05, 0) is 25.0 Å². The van der Waals surface area contributed by atoms with Gasteiger partial charge in [0, 0.05) is 30.2 Å². The van der Waals surface area contributed by atoms with Crippen molar-refractivity contribution < 1.29 is 0 Å². The minimum absolute atomic E-state index is 0. The Kier molecular flexibility index (Phi) is 9.66. The zero-order chi connectivity index (χ0) is 18.9. The Labute approximate surface area is 191 Å². The fourth-order valence-corrected chi connectivity index (χ4v) is 3.40. The summed E-state index contributed by atoms with van der Waals surface area (Å²) in [5, 5.41) is 10.2. The zero-order valence-electron chi connectivity index (χ0n) is 15.6. The summed E-state index contributed by atoms with van der Waals surface area (Å²) in [4.78, 5) is 13.4. The first-order chi connectivity index (χ1) is 13.2.